The minimum absolute atomic E-state index is 0.986. The Morgan fingerprint density at radius 3 is 1.15 bits per heavy atom. The molecule has 0 radical (unpaired) electrons. The molecule has 5 nitrogen and oxygen atoms in total. The van der Waals surface area contributed by atoms with Gasteiger partial charge in [0.2, 0.25) is 0 Å². The fourth-order valence-corrected chi connectivity index (χ4v) is 5.47. The van der Waals surface area contributed by atoms with Crippen molar-refractivity contribution in [1.29, 1.82) is 0 Å². The van der Waals surface area contributed by atoms with E-state index in [0.717, 1.165) is 0 Å². The van der Waals surface area contributed by atoms with Gasteiger partial charge in [-0.1, -0.05) is 0 Å². The Labute approximate surface area is 175 Å². The van der Waals surface area contributed by atoms with Gasteiger partial charge in [0.25, 0.3) is 20.0 Å². The highest BCUT2D eigenvalue weighted by atomic mass is 32.3. The van der Waals surface area contributed by atoms with Crippen LogP contribution in [0, 0.1) is 17.5 Å². The second-order valence-corrected chi connectivity index (χ2v) is 9.35. The lowest BCUT2D eigenvalue weighted by molar-refractivity contribution is -0.306. The standard InChI is InChI=1S/C11HF16NO4S2/c12-3-1(7(15,16)17)5(14)6(2(4(3)13)8(18,19)20)33(29,30)28-34(31,32)9(21,10(22,23)24)11(25,26)27/h28H. The number of alkyl halides is 13. The van der Waals surface area contributed by atoms with Crippen molar-refractivity contribution in [3.05, 3.63) is 28.6 Å². The zero-order valence-electron chi connectivity index (χ0n) is 14.5. The van der Waals surface area contributed by atoms with Crippen LogP contribution in [-0.2, 0) is 32.4 Å². The zero-order chi connectivity index (χ0) is 27.7. The van der Waals surface area contributed by atoms with Gasteiger partial charge >= 0.3 is 29.7 Å². The van der Waals surface area contributed by atoms with E-state index in [9.17, 15) is 87.1 Å². The normalized spacial score (nSPS) is 15.1. The Bertz CT molecular complexity index is 1180. The van der Waals surface area contributed by atoms with E-state index < -0.39 is 87.4 Å². The zero-order valence-corrected chi connectivity index (χ0v) is 16.1. The third kappa shape index (κ3) is 4.72. The molecule has 0 aliphatic heterocycles. The van der Waals surface area contributed by atoms with Crippen LogP contribution in [0.5, 0.6) is 0 Å². The molecule has 0 saturated carbocycles. The number of hydrogen-bond donors (Lipinski definition) is 1. The summed E-state index contributed by atoms with van der Waals surface area (Å²) in [6.07, 6.45) is -28.7. The summed E-state index contributed by atoms with van der Waals surface area (Å²) >= 11 is 0. The van der Waals surface area contributed by atoms with Crippen LogP contribution in [0.25, 0.3) is 0 Å². The van der Waals surface area contributed by atoms with Gasteiger partial charge in [-0.05, 0) is 0 Å². The van der Waals surface area contributed by atoms with Gasteiger partial charge in [-0.3, -0.25) is 0 Å². The highest BCUT2D eigenvalue weighted by Crippen LogP contribution is 2.50. The van der Waals surface area contributed by atoms with Gasteiger partial charge in [0.15, 0.2) is 17.5 Å². The van der Waals surface area contributed by atoms with Gasteiger partial charge in [0.1, 0.15) is 16.0 Å². The molecular weight excluding hydrogens is 578 g/mol. The van der Waals surface area contributed by atoms with E-state index >= 15 is 0 Å². The van der Waals surface area contributed by atoms with Crippen molar-refractivity contribution in [1.82, 2.24) is 4.13 Å². The molecule has 0 bridgehead atoms. The Balaban J connectivity index is 4.17. The molecule has 0 atom stereocenters. The average molecular weight is 579 g/mol. The molecule has 0 aromatic heterocycles. The largest absolute Gasteiger partial charge is 0.448 e. The second-order valence-electron chi connectivity index (χ2n) is 5.70. The van der Waals surface area contributed by atoms with Crippen molar-refractivity contribution in [2.24, 2.45) is 0 Å². The first-order chi connectivity index (χ1) is 14.6. The summed E-state index contributed by atoms with van der Waals surface area (Å²) in [6.45, 7) is 0. The first-order valence-electron chi connectivity index (χ1n) is 7.01. The summed E-state index contributed by atoms with van der Waals surface area (Å²) in [7, 11) is -15.9. The van der Waals surface area contributed by atoms with E-state index in [1.165, 1.54) is 0 Å². The summed E-state index contributed by atoms with van der Waals surface area (Å²) in [5.41, 5.74) is -7.75. The van der Waals surface area contributed by atoms with Gasteiger partial charge in [0.05, 0.1) is 0 Å². The van der Waals surface area contributed by atoms with Gasteiger partial charge in [-0.2, -0.15) is 52.7 Å². The first-order valence-corrected chi connectivity index (χ1v) is 9.97. The van der Waals surface area contributed by atoms with Crippen LogP contribution in [0.15, 0.2) is 4.90 Å². The van der Waals surface area contributed by atoms with E-state index in [0.29, 0.717) is 0 Å². The van der Waals surface area contributed by atoms with Gasteiger partial charge in [0, 0.05) is 0 Å². The number of nitrogens with one attached hydrogen (secondary N) is 1. The minimum Gasteiger partial charge on any atom is -0.207 e. The molecule has 1 aromatic rings. The molecule has 0 saturated heterocycles. The number of hydrogen-bond acceptors (Lipinski definition) is 4. The fourth-order valence-electron chi connectivity index (χ4n) is 2.10. The predicted molar refractivity (Wildman–Crippen MR) is 71.5 cm³/mol. The molecule has 0 unspecified atom stereocenters. The van der Waals surface area contributed by atoms with E-state index in [1.807, 2.05) is 0 Å². The van der Waals surface area contributed by atoms with Crippen molar-refractivity contribution < 1.29 is 87.1 Å². The van der Waals surface area contributed by atoms with E-state index in [-0.39, 0.29) is 0 Å². The van der Waals surface area contributed by atoms with Crippen molar-refractivity contribution >= 4 is 20.0 Å². The third-order valence-corrected chi connectivity index (χ3v) is 7.31. The molecule has 0 spiro atoms. The SMILES string of the molecule is O=S(=O)(NS(=O)(=O)C(F)(C(F)(F)F)C(F)(F)F)c1c(F)c(C(F)(F)F)c(F)c(F)c1C(F)(F)F. The Kier molecular flexibility index (Phi) is 7.05. The van der Waals surface area contributed by atoms with Crippen LogP contribution >= 0.6 is 0 Å². The first kappa shape index (κ1) is 30.0. The molecule has 1 rings (SSSR count). The van der Waals surface area contributed by atoms with Gasteiger partial charge in [-0.15, -0.1) is 4.13 Å². The highest BCUT2D eigenvalue weighted by molar-refractivity contribution is 8.05. The molecule has 0 heterocycles. The monoisotopic (exact) mass is 579 g/mol. The van der Waals surface area contributed by atoms with E-state index in [4.69, 9.17) is 0 Å². The van der Waals surface area contributed by atoms with Crippen molar-refractivity contribution in [3.8, 4) is 0 Å². The molecule has 34 heavy (non-hydrogen) atoms. The van der Waals surface area contributed by atoms with Crippen LogP contribution in [0.1, 0.15) is 11.1 Å². The molecule has 1 N–H and O–H groups in total. The van der Waals surface area contributed by atoms with E-state index in [1.54, 1.807) is 0 Å². The number of halogens is 16. The lowest BCUT2D eigenvalue weighted by Gasteiger charge is -2.29. The maximum absolute atomic E-state index is 14.1. The Morgan fingerprint density at radius 1 is 0.529 bits per heavy atom. The average Bonchev–Trinajstić information content (AvgIpc) is 2.51. The molecule has 23 heteroatoms. The van der Waals surface area contributed by atoms with Gasteiger partial charge in [-0.25, -0.2) is 34.4 Å². The lowest BCUT2D eigenvalue weighted by atomic mass is 10.1. The minimum atomic E-state index is -8.28. The van der Waals surface area contributed by atoms with E-state index in [2.05, 4.69) is 0 Å². The molecule has 0 aliphatic carbocycles. The van der Waals surface area contributed by atoms with Crippen LogP contribution < -0.4 is 4.13 Å². The Hall–Kier alpha value is -2.04. The summed E-state index contributed by atoms with van der Waals surface area (Å²) in [6, 6.07) is 0. The fraction of sp³-hybridized carbons (Fsp3) is 0.455. The summed E-state index contributed by atoms with van der Waals surface area (Å²) in [4.78, 5) is -3.94. The topological polar surface area (TPSA) is 80.3 Å². The van der Waals surface area contributed by atoms with Crippen LogP contribution in [0.3, 0.4) is 0 Å². The molecule has 0 amide bonds. The van der Waals surface area contributed by atoms with Crippen molar-refractivity contribution in [3.63, 3.8) is 0 Å². The predicted octanol–water partition coefficient (Wildman–Crippen LogP) is 4.54. The maximum atomic E-state index is 14.1. The number of rotatable bonds is 4. The van der Waals surface area contributed by atoms with Crippen LogP contribution in [-0.4, -0.2) is 34.2 Å². The molecule has 0 aliphatic rings. The summed E-state index contributed by atoms with van der Waals surface area (Å²) in [5.74, 6) is -11.7. The number of sulfonamides is 2. The highest BCUT2D eigenvalue weighted by Gasteiger charge is 2.81. The molecule has 198 valence electrons. The van der Waals surface area contributed by atoms with Crippen LogP contribution in [0.4, 0.5) is 70.2 Å². The quantitative estimate of drug-likeness (QED) is 0.420. The van der Waals surface area contributed by atoms with Crippen molar-refractivity contribution in [2.75, 3.05) is 0 Å². The Morgan fingerprint density at radius 2 is 0.853 bits per heavy atom. The van der Waals surface area contributed by atoms with Crippen LogP contribution in [0.2, 0.25) is 0 Å². The molecule has 1 aromatic carbocycles. The maximum Gasteiger partial charge on any atom is 0.448 e. The summed E-state index contributed by atoms with van der Waals surface area (Å²) < 4.78 is 252. The smallest absolute Gasteiger partial charge is 0.207 e. The lowest BCUT2D eigenvalue weighted by Crippen LogP contribution is -2.62. The summed E-state index contributed by atoms with van der Waals surface area (Å²) in [5, 5.41) is -7.67. The van der Waals surface area contributed by atoms with Gasteiger partial charge < -0.3 is 0 Å². The number of benzene rings is 1. The van der Waals surface area contributed by atoms with Crippen molar-refractivity contribution in [2.45, 2.75) is 34.6 Å². The third-order valence-electron chi connectivity index (χ3n) is 3.43. The molecule has 0 fully saturated rings. The molecular formula is C11HF16NO4S2. The second kappa shape index (κ2) is 7.99.